The molecule has 0 spiro atoms. The Morgan fingerprint density at radius 3 is 2.83 bits per heavy atom. The molecule has 0 bridgehead atoms. The highest BCUT2D eigenvalue weighted by molar-refractivity contribution is 6.05. The summed E-state index contributed by atoms with van der Waals surface area (Å²) >= 11 is 0. The molecule has 3 amide bonds. The lowest BCUT2D eigenvalue weighted by Crippen LogP contribution is -2.52. The average molecular weight is 407 g/mol. The van der Waals surface area contributed by atoms with E-state index in [-0.39, 0.29) is 18.2 Å². The Bertz CT molecular complexity index is 990. The number of pyridine rings is 1. The second-order valence-electron chi connectivity index (χ2n) is 7.69. The summed E-state index contributed by atoms with van der Waals surface area (Å²) in [6.45, 7) is 1.61. The summed E-state index contributed by atoms with van der Waals surface area (Å²) in [7, 11) is 0. The Morgan fingerprint density at radius 2 is 2.03 bits per heavy atom. The number of fused-ring (bicyclic) bond motifs is 1. The first-order valence-corrected chi connectivity index (χ1v) is 10.2. The minimum Gasteiger partial charge on any atom is -0.366 e. The number of hydrogen-bond acceptors (Lipinski definition) is 6. The molecule has 8 heteroatoms. The number of amides is 3. The third-order valence-corrected chi connectivity index (χ3v) is 5.56. The van der Waals surface area contributed by atoms with E-state index in [4.69, 9.17) is 5.73 Å². The maximum absolute atomic E-state index is 12.8. The lowest BCUT2D eigenvalue weighted by molar-refractivity contribution is -0.136. The number of nitrogens with one attached hydrogen (secondary N) is 2. The van der Waals surface area contributed by atoms with Gasteiger partial charge < -0.3 is 16.0 Å². The van der Waals surface area contributed by atoms with Crippen LogP contribution in [0.25, 0.3) is 0 Å². The number of nitrogens with two attached hydrogens (primary N) is 1. The second-order valence-corrected chi connectivity index (χ2v) is 7.69. The molecule has 0 saturated carbocycles. The van der Waals surface area contributed by atoms with Gasteiger partial charge in [-0.1, -0.05) is 12.1 Å². The number of imide groups is 1. The van der Waals surface area contributed by atoms with Gasteiger partial charge >= 0.3 is 0 Å². The largest absolute Gasteiger partial charge is 0.366 e. The van der Waals surface area contributed by atoms with Gasteiger partial charge in [-0.15, -0.1) is 0 Å². The van der Waals surface area contributed by atoms with Crippen LogP contribution in [0.1, 0.15) is 46.3 Å². The van der Waals surface area contributed by atoms with Crippen molar-refractivity contribution in [2.45, 2.75) is 44.8 Å². The molecule has 1 aromatic carbocycles. The van der Waals surface area contributed by atoms with Crippen molar-refractivity contribution >= 4 is 23.5 Å². The number of nitrogens with zero attached hydrogens (tertiary/aromatic N) is 2. The molecule has 1 unspecified atom stereocenters. The van der Waals surface area contributed by atoms with E-state index in [1.807, 2.05) is 30.3 Å². The van der Waals surface area contributed by atoms with Gasteiger partial charge in [-0.25, -0.2) is 4.98 Å². The number of aromatic nitrogens is 1. The highest BCUT2D eigenvalue weighted by Gasteiger charge is 2.38. The summed E-state index contributed by atoms with van der Waals surface area (Å²) in [5, 5.41) is 5.65. The van der Waals surface area contributed by atoms with Crippen molar-refractivity contribution in [2.75, 3.05) is 11.9 Å². The topological polar surface area (TPSA) is 117 Å². The van der Waals surface area contributed by atoms with E-state index in [9.17, 15) is 14.4 Å². The maximum atomic E-state index is 12.8. The first-order valence-electron chi connectivity index (χ1n) is 10.2. The lowest BCUT2D eigenvalue weighted by atomic mass is 10.0. The van der Waals surface area contributed by atoms with E-state index in [0.717, 1.165) is 29.8 Å². The molecule has 0 radical (unpaired) electrons. The fourth-order valence-corrected chi connectivity index (χ4v) is 3.96. The Balaban J connectivity index is 1.42. The Labute approximate surface area is 174 Å². The molecule has 156 valence electrons. The first kappa shape index (κ1) is 20.0. The van der Waals surface area contributed by atoms with Gasteiger partial charge in [0.1, 0.15) is 11.9 Å². The number of piperidine rings is 1. The standard InChI is InChI=1S/C22H25N5O3/c23-8-1-2-14-7-9-24-19(11-14)25-12-15-3-4-17-16(10-15)13-27(22(17)30)18-5-6-20(28)26-21(18)29/h3-4,7,9-11,18H,1-2,5-6,8,12-13,23H2,(H,24,25)(H,26,28,29). The normalized spacial score (nSPS) is 18.4. The molecule has 1 saturated heterocycles. The molecular formula is C22H25N5O3. The van der Waals surface area contributed by atoms with Crippen LogP contribution in [0.2, 0.25) is 0 Å². The van der Waals surface area contributed by atoms with E-state index >= 15 is 0 Å². The third-order valence-electron chi connectivity index (χ3n) is 5.56. The highest BCUT2D eigenvalue weighted by atomic mass is 16.2. The summed E-state index contributed by atoms with van der Waals surface area (Å²) in [6.07, 6.45) is 4.26. The molecule has 30 heavy (non-hydrogen) atoms. The second kappa shape index (κ2) is 8.62. The minimum atomic E-state index is -0.593. The number of carbonyl (C=O) groups excluding carboxylic acids is 3. The monoisotopic (exact) mass is 407 g/mol. The van der Waals surface area contributed by atoms with Crippen molar-refractivity contribution in [3.8, 4) is 0 Å². The molecule has 8 nitrogen and oxygen atoms in total. The number of carbonyl (C=O) groups is 3. The van der Waals surface area contributed by atoms with Gasteiger partial charge in [0.25, 0.3) is 5.91 Å². The number of rotatable bonds is 7. The van der Waals surface area contributed by atoms with Crippen molar-refractivity contribution in [2.24, 2.45) is 5.73 Å². The van der Waals surface area contributed by atoms with Crippen LogP contribution in [-0.2, 0) is 29.1 Å². The van der Waals surface area contributed by atoms with Crippen LogP contribution in [0.5, 0.6) is 0 Å². The molecule has 2 aliphatic rings. The number of anilines is 1. The molecule has 4 N–H and O–H groups in total. The van der Waals surface area contributed by atoms with Gasteiger partial charge in [-0.05, 0) is 60.7 Å². The van der Waals surface area contributed by atoms with Crippen LogP contribution in [-0.4, -0.2) is 40.2 Å². The van der Waals surface area contributed by atoms with Gasteiger partial charge in [0, 0.05) is 31.3 Å². The highest BCUT2D eigenvalue weighted by Crippen LogP contribution is 2.28. The summed E-state index contributed by atoms with van der Waals surface area (Å²) in [4.78, 5) is 42.2. The molecule has 1 atom stereocenters. The van der Waals surface area contributed by atoms with Crippen LogP contribution in [0.4, 0.5) is 5.82 Å². The van der Waals surface area contributed by atoms with E-state index in [1.54, 1.807) is 11.1 Å². The average Bonchev–Trinajstić information content (AvgIpc) is 3.07. The predicted molar refractivity (Wildman–Crippen MR) is 111 cm³/mol. The summed E-state index contributed by atoms with van der Waals surface area (Å²) in [5.74, 6) is -0.0380. The Hall–Kier alpha value is -3.26. The molecule has 2 aromatic rings. The van der Waals surface area contributed by atoms with E-state index in [0.29, 0.717) is 31.6 Å². The van der Waals surface area contributed by atoms with Crippen LogP contribution < -0.4 is 16.4 Å². The van der Waals surface area contributed by atoms with Crippen LogP contribution >= 0.6 is 0 Å². The van der Waals surface area contributed by atoms with Crippen molar-refractivity contribution in [3.63, 3.8) is 0 Å². The molecule has 1 aromatic heterocycles. The van der Waals surface area contributed by atoms with Gasteiger partial charge in [-0.2, -0.15) is 0 Å². The molecular weight excluding hydrogens is 382 g/mol. The summed E-state index contributed by atoms with van der Waals surface area (Å²) in [6, 6.07) is 9.14. The van der Waals surface area contributed by atoms with E-state index < -0.39 is 11.9 Å². The van der Waals surface area contributed by atoms with Crippen molar-refractivity contribution in [3.05, 3.63) is 58.8 Å². The van der Waals surface area contributed by atoms with Crippen LogP contribution in [0, 0.1) is 0 Å². The Morgan fingerprint density at radius 1 is 1.17 bits per heavy atom. The molecule has 1 fully saturated rings. The Kier molecular flexibility index (Phi) is 5.76. The van der Waals surface area contributed by atoms with Crippen molar-refractivity contribution in [1.82, 2.24) is 15.2 Å². The summed E-state index contributed by atoms with van der Waals surface area (Å²) < 4.78 is 0. The zero-order valence-corrected chi connectivity index (χ0v) is 16.7. The lowest BCUT2D eigenvalue weighted by Gasteiger charge is -2.29. The number of benzene rings is 1. The molecule has 0 aliphatic carbocycles. The van der Waals surface area contributed by atoms with Gasteiger partial charge in [-0.3, -0.25) is 19.7 Å². The third kappa shape index (κ3) is 4.18. The minimum absolute atomic E-state index is 0.159. The van der Waals surface area contributed by atoms with Crippen LogP contribution in [0.15, 0.2) is 36.5 Å². The van der Waals surface area contributed by atoms with Crippen molar-refractivity contribution in [1.29, 1.82) is 0 Å². The van der Waals surface area contributed by atoms with E-state index in [2.05, 4.69) is 15.6 Å². The number of aryl methyl sites for hydroxylation is 1. The quantitative estimate of drug-likeness (QED) is 0.597. The van der Waals surface area contributed by atoms with Crippen molar-refractivity contribution < 1.29 is 14.4 Å². The number of hydrogen-bond donors (Lipinski definition) is 3. The zero-order valence-electron chi connectivity index (χ0n) is 16.7. The van der Waals surface area contributed by atoms with Crippen LogP contribution in [0.3, 0.4) is 0 Å². The fourth-order valence-electron chi connectivity index (χ4n) is 3.96. The molecule has 4 rings (SSSR count). The van der Waals surface area contributed by atoms with Gasteiger partial charge in [0.05, 0.1) is 0 Å². The maximum Gasteiger partial charge on any atom is 0.255 e. The summed E-state index contributed by atoms with van der Waals surface area (Å²) in [5.41, 5.74) is 9.31. The predicted octanol–water partition coefficient (Wildman–Crippen LogP) is 1.35. The SMILES string of the molecule is NCCCc1ccnc(NCc2ccc3c(c2)CN(C2CCC(=O)NC2=O)C3=O)c1. The molecule has 2 aliphatic heterocycles. The first-order chi connectivity index (χ1) is 14.5. The van der Waals surface area contributed by atoms with Gasteiger partial charge in [0.15, 0.2) is 0 Å². The fraction of sp³-hybridized carbons (Fsp3) is 0.364. The molecule has 3 heterocycles. The zero-order chi connectivity index (χ0) is 21.1. The van der Waals surface area contributed by atoms with E-state index in [1.165, 1.54) is 5.56 Å². The van der Waals surface area contributed by atoms with Gasteiger partial charge in [0.2, 0.25) is 11.8 Å². The smallest absolute Gasteiger partial charge is 0.255 e.